The zero-order valence-electron chi connectivity index (χ0n) is 12.9. The molecule has 0 aliphatic carbocycles. The van der Waals surface area contributed by atoms with Crippen molar-refractivity contribution in [3.8, 4) is 0 Å². The number of oxazole rings is 1. The van der Waals surface area contributed by atoms with Crippen molar-refractivity contribution in [3.63, 3.8) is 0 Å². The Morgan fingerprint density at radius 1 is 1.29 bits per heavy atom. The molecule has 0 atom stereocenters. The molecule has 0 spiro atoms. The molecule has 1 aliphatic heterocycles. The van der Waals surface area contributed by atoms with Gasteiger partial charge in [-0.25, -0.2) is 14.8 Å². The number of primary amides is 1. The number of hydrogen-bond acceptors (Lipinski definition) is 7. The highest BCUT2D eigenvalue weighted by molar-refractivity contribution is 5.97. The molecule has 0 aromatic carbocycles. The van der Waals surface area contributed by atoms with Crippen LogP contribution in [-0.2, 0) is 6.54 Å². The van der Waals surface area contributed by atoms with Crippen LogP contribution in [0.25, 0.3) is 0 Å². The predicted molar refractivity (Wildman–Crippen MR) is 83.7 cm³/mol. The summed E-state index contributed by atoms with van der Waals surface area (Å²) in [7, 11) is 0. The van der Waals surface area contributed by atoms with Gasteiger partial charge in [0.25, 0.3) is 5.91 Å². The molecule has 0 bridgehead atoms. The SMILES string of the molecule is NC(=O)c1cccnc1N1CCN(Cc2nc(C(=O)O)co2)CC1. The minimum Gasteiger partial charge on any atom is -0.476 e. The van der Waals surface area contributed by atoms with Gasteiger partial charge >= 0.3 is 5.97 Å². The molecule has 2 aromatic heterocycles. The first-order valence-electron chi connectivity index (χ1n) is 7.44. The lowest BCUT2D eigenvalue weighted by Crippen LogP contribution is -2.46. The number of carboxylic acid groups (broad SMARTS) is 1. The van der Waals surface area contributed by atoms with Crippen LogP contribution in [-0.4, -0.2) is 58.0 Å². The van der Waals surface area contributed by atoms with E-state index >= 15 is 0 Å². The van der Waals surface area contributed by atoms with Gasteiger partial charge in [0.1, 0.15) is 12.1 Å². The van der Waals surface area contributed by atoms with Crippen LogP contribution in [0.15, 0.2) is 29.0 Å². The van der Waals surface area contributed by atoms with E-state index < -0.39 is 11.9 Å². The van der Waals surface area contributed by atoms with E-state index in [1.54, 1.807) is 18.3 Å². The number of carbonyl (C=O) groups is 2. The molecule has 126 valence electrons. The van der Waals surface area contributed by atoms with Crippen molar-refractivity contribution in [2.24, 2.45) is 5.73 Å². The summed E-state index contributed by atoms with van der Waals surface area (Å²) in [5.41, 5.74) is 5.71. The fourth-order valence-corrected chi connectivity index (χ4v) is 2.63. The Bertz CT molecular complexity index is 752. The zero-order chi connectivity index (χ0) is 17.1. The normalized spacial score (nSPS) is 15.4. The fourth-order valence-electron chi connectivity index (χ4n) is 2.63. The van der Waals surface area contributed by atoms with Gasteiger partial charge in [-0.15, -0.1) is 0 Å². The highest BCUT2D eigenvalue weighted by Gasteiger charge is 2.23. The summed E-state index contributed by atoms with van der Waals surface area (Å²) in [4.78, 5) is 34.6. The van der Waals surface area contributed by atoms with Crippen LogP contribution < -0.4 is 10.6 Å². The van der Waals surface area contributed by atoms with Gasteiger partial charge in [-0.3, -0.25) is 9.69 Å². The van der Waals surface area contributed by atoms with E-state index in [0.717, 1.165) is 6.26 Å². The standard InChI is InChI=1S/C15H17N5O4/c16-13(21)10-2-1-3-17-14(10)20-6-4-19(5-7-20)8-12-18-11(9-24-12)15(22)23/h1-3,9H,4-8H2,(H2,16,21)(H,22,23). The number of nitrogens with zero attached hydrogens (tertiary/aromatic N) is 4. The van der Waals surface area contributed by atoms with Crippen LogP contribution in [0.5, 0.6) is 0 Å². The van der Waals surface area contributed by atoms with Crippen molar-refractivity contribution in [1.82, 2.24) is 14.9 Å². The van der Waals surface area contributed by atoms with Crippen LogP contribution in [0, 0.1) is 0 Å². The Kier molecular flexibility index (Phi) is 4.43. The van der Waals surface area contributed by atoms with E-state index in [9.17, 15) is 9.59 Å². The predicted octanol–water partition coefficient (Wildman–Crippen LogP) is 0.189. The number of hydrogen-bond donors (Lipinski definition) is 2. The molecule has 1 fully saturated rings. The minimum absolute atomic E-state index is 0.0942. The van der Waals surface area contributed by atoms with Crippen molar-refractivity contribution in [3.05, 3.63) is 41.7 Å². The summed E-state index contributed by atoms with van der Waals surface area (Å²) in [6, 6.07) is 3.35. The number of amides is 1. The molecule has 3 rings (SSSR count). The largest absolute Gasteiger partial charge is 0.476 e. The van der Waals surface area contributed by atoms with Crippen LogP contribution in [0.4, 0.5) is 5.82 Å². The number of carbonyl (C=O) groups excluding carboxylic acids is 1. The summed E-state index contributed by atoms with van der Waals surface area (Å²) < 4.78 is 5.17. The molecule has 1 saturated heterocycles. The lowest BCUT2D eigenvalue weighted by Gasteiger charge is -2.35. The summed E-state index contributed by atoms with van der Waals surface area (Å²) in [5, 5.41) is 8.85. The van der Waals surface area contributed by atoms with Gasteiger partial charge in [0, 0.05) is 32.4 Å². The smallest absolute Gasteiger partial charge is 0.357 e. The molecule has 0 unspecified atom stereocenters. The van der Waals surface area contributed by atoms with E-state index in [4.69, 9.17) is 15.3 Å². The first-order chi connectivity index (χ1) is 11.5. The number of aromatic nitrogens is 2. The third kappa shape index (κ3) is 3.35. The Hall–Kier alpha value is -2.94. The molecule has 3 N–H and O–H groups in total. The van der Waals surface area contributed by atoms with Gasteiger partial charge in [-0.1, -0.05) is 0 Å². The molecule has 0 saturated carbocycles. The van der Waals surface area contributed by atoms with E-state index in [0.29, 0.717) is 50.0 Å². The Labute approximate surface area is 137 Å². The lowest BCUT2D eigenvalue weighted by molar-refractivity contribution is 0.0690. The monoisotopic (exact) mass is 331 g/mol. The minimum atomic E-state index is -1.11. The van der Waals surface area contributed by atoms with Crippen LogP contribution in [0.3, 0.4) is 0 Å². The van der Waals surface area contributed by atoms with Gasteiger partial charge in [0.2, 0.25) is 5.89 Å². The Morgan fingerprint density at radius 3 is 2.67 bits per heavy atom. The van der Waals surface area contributed by atoms with Crippen molar-refractivity contribution >= 4 is 17.7 Å². The third-order valence-corrected chi connectivity index (χ3v) is 3.85. The molecule has 2 aromatic rings. The highest BCUT2D eigenvalue weighted by Crippen LogP contribution is 2.19. The summed E-state index contributed by atoms with van der Waals surface area (Å²) in [6.45, 7) is 3.19. The van der Waals surface area contributed by atoms with Gasteiger partial charge in [-0.05, 0) is 12.1 Å². The molecule has 1 aliphatic rings. The number of nitrogens with two attached hydrogens (primary N) is 1. The average molecular weight is 331 g/mol. The average Bonchev–Trinajstić information content (AvgIpc) is 3.04. The molecular formula is C15H17N5O4. The second-order valence-electron chi connectivity index (χ2n) is 5.43. The maximum absolute atomic E-state index is 11.5. The summed E-state index contributed by atoms with van der Waals surface area (Å²) in [6.07, 6.45) is 2.77. The number of carboxylic acids is 1. The molecule has 1 amide bonds. The van der Waals surface area contributed by atoms with Gasteiger partial charge in [-0.2, -0.15) is 0 Å². The maximum atomic E-state index is 11.5. The third-order valence-electron chi connectivity index (χ3n) is 3.85. The second kappa shape index (κ2) is 6.67. The van der Waals surface area contributed by atoms with Crippen LogP contribution in [0.2, 0.25) is 0 Å². The number of rotatable bonds is 5. The summed E-state index contributed by atoms with van der Waals surface area (Å²) in [5.74, 6) is -0.643. The topological polar surface area (TPSA) is 126 Å². The Morgan fingerprint density at radius 2 is 2.04 bits per heavy atom. The summed E-state index contributed by atoms with van der Waals surface area (Å²) >= 11 is 0. The van der Waals surface area contributed by atoms with Crippen molar-refractivity contribution in [2.45, 2.75) is 6.54 Å². The highest BCUT2D eigenvalue weighted by atomic mass is 16.4. The molecule has 24 heavy (non-hydrogen) atoms. The van der Waals surface area contributed by atoms with Crippen molar-refractivity contribution < 1.29 is 19.1 Å². The van der Waals surface area contributed by atoms with E-state index in [2.05, 4.69) is 14.9 Å². The molecule has 9 heteroatoms. The fraction of sp³-hybridized carbons (Fsp3) is 0.333. The number of piperazine rings is 1. The van der Waals surface area contributed by atoms with Crippen LogP contribution in [0.1, 0.15) is 26.7 Å². The van der Waals surface area contributed by atoms with Gasteiger partial charge < -0.3 is 20.2 Å². The Balaban J connectivity index is 1.61. The van der Waals surface area contributed by atoms with E-state index in [-0.39, 0.29) is 5.69 Å². The maximum Gasteiger partial charge on any atom is 0.357 e. The number of aromatic carboxylic acids is 1. The van der Waals surface area contributed by atoms with Crippen LogP contribution >= 0.6 is 0 Å². The molecule has 9 nitrogen and oxygen atoms in total. The quantitative estimate of drug-likeness (QED) is 0.795. The van der Waals surface area contributed by atoms with Crippen molar-refractivity contribution in [2.75, 3.05) is 31.1 Å². The molecule has 0 radical (unpaired) electrons. The first-order valence-corrected chi connectivity index (χ1v) is 7.44. The van der Waals surface area contributed by atoms with E-state index in [1.807, 2.05) is 4.90 Å². The van der Waals surface area contributed by atoms with E-state index in [1.165, 1.54) is 0 Å². The lowest BCUT2D eigenvalue weighted by atomic mass is 10.2. The first kappa shape index (κ1) is 15.9. The molecule has 3 heterocycles. The van der Waals surface area contributed by atoms with Gasteiger partial charge in [0.05, 0.1) is 12.1 Å². The molecular weight excluding hydrogens is 314 g/mol. The second-order valence-corrected chi connectivity index (χ2v) is 5.43. The zero-order valence-corrected chi connectivity index (χ0v) is 12.9. The number of anilines is 1. The van der Waals surface area contributed by atoms with Gasteiger partial charge in [0.15, 0.2) is 5.69 Å². The number of pyridine rings is 1. The van der Waals surface area contributed by atoms with Crippen molar-refractivity contribution in [1.29, 1.82) is 0 Å².